The van der Waals surface area contributed by atoms with Crippen LogP contribution in [0.4, 0.5) is 0 Å². The third-order valence-electron chi connectivity index (χ3n) is 7.74. The van der Waals surface area contributed by atoms with Gasteiger partial charge < -0.3 is 19.9 Å². The molecule has 214 valence electrons. The van der Waals surface area contributed by atoms with Gasteiger partial charge in [-0.05, 0) is 59.1 Å². The summed E-state index contributed by atoms with van der Waals surface area (Å²) in [5.74, 6) is 0.801. The molecule has 0 radical (unpaired) electrons. The minimum atomic E-state index is -1.08. The Morgan fingerprint density at radius 1 is 1.00 bits per heavy atom. The lowest BCUT2D eigenvalue weighted by Crippen LogP contribution is -2.49. The molecule has 7 heteroatoms. The van der Waals surface area contributed by atoms with Gasteiger partial charge in [-0.15, -0.1) is 0 Å². The molecule has 1 fully saturated rings. The lowest BCUT2D eigenvalue weighted by Gasteiger charge is -2.27. The third-order valence-corrected chi connectivity index (χ3v) is 7.74. The lowest BCUT2D eigenvalue weighted by molar-refractivity contribution is -0.142. The van der Waals surface area contributed by atoms with Gasteiger partial charge in [-0.1, -0.05) is 79.4 Å². The van der Waals surface area contributed by atoms with Gasteiger partial charge in [0.1, 0.15) is 29.0 Å². The van der Waals surface area contributed by atoms with Crippen LogP contribution in [-0.4, -0.2) is 35.1 Å². The highest BCUT2D eigenvalue weighted by molar-refractivity contribution is 6.02. The zero-order valence-electron chi connectivity index (χ0n) is 24.8. The first-order valence-electron chi connectivity index (χ1n) is 14.1. The van der Waals surface area contributed by atoms with Crippen LogP contribution in [0.15, 0.2) is 42.5 Å². The van der Waals surface area contributed by atoms with Gasteiger partial charge in [-0.2, -0.15) is 0 Å². The monoisotopic (exact) mass is 546 g/mol. The zero-order chi connectivity index (χ0) is 29.2. The van der Waals surface area contributed by atoms with E-state index in [1.165, 1.54) is 18.4 Å². The van der Waals surface area contributed by atoms with E-state index in [9.17, 15) is 14.7 Å². The second-order valence-electron chi connectivity index (χ2n) is 13.0. The molecule has 40 heavy (non-hydrogen) atoms. The normalized spacial score (nSPS) is 15.2. The molecule has 2 aromatic carbocycles. The van der Waals surface area contributed by atoms with Crippen LogP contribution in [0.5, 0.6) is 17.2 Å². The molecular weight excluding hydrogens is 504 g/mol. The van der Waals surface area contributed by atoms with Crippen LogP contribution in [0.1, 0.15) is 89.0 Å². The van der Waals surface area contributed by atoms with Crippen molar-refractivity contribution in [3.05, 3.63) is 59.4 Å². The number of carboxylic acid groups (broad SMARTS) is 1. The van der Waals surface area contributed by atoms with Crippen molar-refractivity contribution in [2.75, 3.05) is 7.11 Å². The number of nitrogens with zero attached hydrogens (tertiary/aromatic N) is 1. The number of ether oxygens (including phenoxy) is 2. The number of pyridine rings is 1. The fourth-order valence-corrected chi connectivity index (χ4v) is 5.41. The van der Waals surface area contributed by atoms with Crippen molar-refractivity contribution >= 4 is 22.6 Å². The first-order valence-corrected chi connectivity index (χ1v) is 14.1. The number of hydrogen-bond donors (Lipinski definition) is 2. The predicted molar refractivity (Wildman–Crippen MR) is 158 cm³/mol. The molecule has 2 N–H and O–H groups in total. The summed E-state index contributed by atoms with van der Waals surface area (Å²) in [5.41, 5.74) is 1.51. The van der Waals surface area contributed by atoms with E-state index in [0.29, 0.717) is 35.0 Å². The third kappa shape index (κ3) is 6.57. The maximum Gasteiger partial charge on any atom is 0.326 e. The van der Waals surface area contributed by atoms with E-state index in [2.05, 4.69) is 38.2 Å². The Kier molecular flexibility index (Phi) is 8.43. The SMILES string of the molecule is COc1ccc(Oc2ccc(C(C)(C)C)cc2)c2c(CC3CCCC3)nc(C(=O)N[C@H](C(=O)O)C(C)(C)C)cc12. The summed E-state index contributed by atoms with van der Waals surface area (Å²) >= 11 is 0. The van der Waals surface area contributed by atoms with Crippen LogP contribution in [0.2, 0.25) is 0 Å². The first kappa shape index (κ1) is 29.4. The van der Waals surface area contributed by atoms with Crippen molar-refractivity contribution in [1.29, 1.82) is 0 Å². The highest BCUT2D eigenvalue weighted by Gasteiger charge is 2.33. The Balaban J connectivity index is 1.81. The number of fused-ring (bicyclic) bond motifs is 1. The predicted octanol–water partition coefficient (Wildman–Crippen LogP) is 7.30. The molecule has 3 aromatic rings. The highest BCUT2D eigenvalue weighted by atomic mass is 16.5. The molecule has 1 aliphatic carbocycles. The fraction of sp³-hybridized carbons (Fsp3) is 0.485. The van der Waals surface area contributed by atoms with E-state index in [1.54, 1.807) is 33.9 Å². The second kappa shape index (κ2) is 11.5. The van der Waals surface area contributed by atoms with Gasteiger partial charge in [0.25, 0.3) is 5.91 Å². The van der Waals surface area contributed by atoms with E-state index in [1.807, 2.05) is 24.3 Å². The molecule has 1 heterocycles. The van der Waals surface area contributed by atoms with Gasteiger partial charge in [-0.3, -0.25) is 4.79 Å². The summed E-state index contributed by atoms with van der Waals surface area (Å²) in [4.78, 5) is 30.2. The number of benzene rings is 2. The average Bonchev–Trinajstić information content (AvgIpc) is 3.39. The lowest BCUT2D eigenvalue weighted by atomic mass is 9.86. The summed E-state index contributed by atoms with van der Waals surface area (Å²) in [7, 11) is 1.59. The largest absolute Gasteiger partial charge is 0.496 e. The highest BCUT2D eigenvalue weighted by Crippen LogP contribution is 2.40. The maximum atomic E-state index is 13.4. The number of nitrogens with one attached hydrogen (secondary N) is 1. The summed E-state index contributed by atoms with van der Waals surface area (Å²) < 4.78 is 12.1. The van der Waals surface area contributed by atoms with Crippen molar-refractivity contribution < 1.29 is 24.2 Å². The van der Waals surface area contributed by atoms with Gasteiger partial charge >= 0.3 is 5.97 Å². The summed E-state index contributed by atoms with van der Waals surface area (Å²) in [5, 5.41) is 14.0. The topological polar surface area (TPSA) is 97.8 Å². The van der Waals surface area contributed by atoms with Crippen molar-refractivity contribution in [3.8, 4) is 17.2 Å². The second-order valence-corrected chi connectivity index (χ2v) is 13.0. The molecule has 0 unspecified atom stereocenters. The molecule has 1 aromatic heterocycles. The van der Waals surface area contributed by atoms with Crippen LogP contribution < -0.4 is 14.8 Å². The van der Waals surface area contributed by atoms with Crippen LogP contribution in [0.3, 0.4) is 0 Å². The summed E-state index contributed by atoms with van der Waals surface area (Å²) in [6.07, 6.45) is 5.28. The molecule has 7 nitrogen and oxygen atoms in total. The van der Waals surface area contributed by atoms with Crippen molar-refractivity contribution in [2.24, 2.45) is 11.3 Å². The zero-order valence-corrected chi connectivity index (χ0v) is 24.8. The molecule has 1 saturated carbocycles. The Morgan fingerprint density at radius 2 is 1.62 bits per heavy atom. The Hall–Kier alpha value is -3.61. The standard InChI is InChI=1S/C33H42N2O5/c1-32(2,3)21-12-14-22(15-13-21)40-27-17-16-26(39-7)23-19-25(30(36)35-29(31(37)38)33(4,5)6)34-24(28(23)27)18-20-10-8-9-11-20/h12-17,19-20,29H,8-11,18H2,1-7H3,(H,35,36)(H,37,38)/t29-/m1/s1. The number of aliphatic carboxylic acids is 1. The van der Waals surface area contributed by atoms with E-state index in [-0.39, 0.29) is 11.1 Å². The number of carbonyl (C=O) groups is 2. The number of rotatable bonds is 8. The van der Waals surface area contributed by atoms with Crippen LogP contribution in [0, 0.1) is 11.3 Å². The van der Waals surface area contributed by atoms with Crippen LogP contribution in [0.25, 0.3) is 10.8 Å². The molecule has 1 amide bonds. The Morgan fingerprint density at radius 3 is 2.17 bits per heavy atom. The number of carboxylic acids is 1. The maximum absolute atomic E-state index is 13.4. The molecule has 1 aliphatic rings. The fourth-order valence-electron chi connectivity index (χ4n) is 5.41. The molecule has 0 aliphatic heterocycles. The van der Waals surface area contributed by atoms with Crippen LogP contribution >= 0.6 is 0 Å². The van der Waals surface area contributed by atoms with Crippen molar-refractivity contribution in [2.45, 2.75) is 85.1 Å². The Bertz CT molecular complexity index is 1380. The molecule has 0 bridgehead atoms. The average molecular weight is 547 g/mol. The number of amides is 1. The molecular formula is C33H42N2O5. The van der Waals surface area contributed by atoms with Gasteiger partial charge in [0.15, 0.2) is 0 Å². The van der Waals surface area contributed by atoms with Crippen molar-refractivity contribution in [1.82, 2.24) is 10.3 Å². The van der Waals surface area contributed by atoms with E-state index < -0.39 is 23.3 Å². The number of aromatic nitrogens is 1. The minimum absolute atomic E-state index is 0.0350. The van der Waals surface area contributed by atoms with Gasteiger partial charge in [0, 0.05) is 10.8 Å². The van der Waals surface area contributed by atoms with E-state index >= 15 is 0 Å². The van der Waals surface area contributed by atoms with Gasteiger partial charge in [-0.25, -0.2) is 9.78 Å². The molecule has 4 rings (SSSR count). The summed E-state index contributed by atoms with van der Waals surface area (Å²) in [6.45, 7) is 11.9. The van der Waals surface area contributed by atoms with E-state index in [0.717, 1.165) is 23.9 Å². The van der Waals surface area contributed by atoms with E-state index in [4.69, 9.17) is 14.5 Å². The minimum Gasteiger partial charge on any atom is -0.496 e. The number of hydrogen-bond acceptors (Lipinski definition) is 5. The van der Waals surface area contributed by atoms with Crippen molar-refractivity contribution in [3.63, 3.8) is 0 Å². The first-order chi connectivity index (χ1) is 18.8. The molecule has 1 atom stereocenters. The quantitative estimate of drug-likeness (QED) is 0.308. The number of carbonyl (C=O) groups excluding carboxylic acids is 1. The summed E-state index contributed by atoms with van der Waals surface area (Å²) in [6, 6.07) is 12.4. The van der Waals surface area contributed by atoms with Crippen LogP contribution in [-0.2, 0) is 16.6 Å². The Labute approximate surface area is 237 Å². The number of methoxy groups -OCH3 is 1. The molecule has 0 saturated heterocycles. The smallest absolute Gasteiger partial charge is 0.326 e. The van der Waals surface area contributed by atoms with Gasteiger partial charge in [0.05, 0.1) is 12.8 Å². The molecule has 0 spiro atoms. The van der Waals surface area contributed by atoms with Gasteiger partial charge in [0.2, 0.25) is 0 Å².